The van der Waals surface area contributed by atoms with Crippen LogP contribution in [0.5, 0.6) is 0 Å². The normalized spacial score (nSPS) is 22.9. The van der Waals surface area contributed by atoms with Crippen molar-refractivity contribution in [2.45, 2.75) is 18.3 Å². The largest absolute Gasteiger partial charge is 0.329 e. The molecule has 0 radical (unpaired) electrons. The van der Waals surface area contributed by atoms with E-state index in [2.05, 4.69) is 5.10 Å². The first-order valence-electron chi connectivity index (χ1n) is 6.57. The lowest BCUT2D eigenvalue weighted by atomic mass is 10.1. The van der Waals surface area contributed by atoms with Crippen LogP contribution in [0.15, 0.2) is 6.20 Å². The minimum absolute atomic E-state index is 0.0932. The van der Waals surface area contributed by atoms with Gasteiger partial charge in [0.1, 0.15) is 5.37 Å². The van der Waals surface area contributed by atoms with Gasteiger partial charge in [0.15, 0.2) is 9.84 Å². The van der Waals surface area contributed by atoms with Crippen molar-refractivity contribution >= 4 is 21.6 Å². The third-order valence-corrected chi connectivity index (χ3v) is 6.31. The smallest absolute Gasteiger partial charge is 0.164 e. The first-order valence-corrected chi connectivity index (χ1v) is 9.68. The number of nitrogens with zero attached hydrogens (tertiary/aromatic N) is 3. The van der Waals surface area contributed by atoms with Crippen molar-refractivity contribution in [2.75, 3.05) is 30.9 Å². The maximum atomic E-state index is 12.0. The molecular formula is C12H22N4O2S2. The monoisotopic (exact) mass is 318 g/mol. The zero-order valence-corrected chi connectivity index (χ0v) is 13.7. The molecule has 2 atom stereocenters. The van der Waals surface area contributed by atoms with Gasteiger partial charge in [-0.15, -0.1) is 0 Å². The van der Waals surface area contributed by atoms with Crippen LogP contribution in [0.1, 0.15) is 17.3 Å². The molecule has 114 valence electrons. The van der Waals surface area contributed by atoms with Crippen molar-refractivity contribution in [3.63, 3.8) is 0 Å². The summed E-state index contributed by atoms with van der Waals surface area (Å²) in [6, 6.07) is -0.0932. The second-order valence-electron chi connectivity index (χ2n) is 5.19. The van der Waals surface area contributed by atoms with Crippen LogP contribution in [0.3, 0.4) is 0 Å². The second-order valence-corrected chi connectivity index (χ2v) is 8.54. The molecular weight excluding hydrogens is 296 g/mol. The van der Waals surface area contributed by atoms with Crippen molar-refractivity contribution in [3.8, 4) is 0 Å². The molecule has 0 spiro atoms. The number of aromatic nitrogens is 2. The summed E-state index contributed by atoms with van der Waals surface area (Å²) in [6.45, 7) is 3.06. The van der Waals surface area contributed by atoms with Gasteiger partial charge in [0.05, 0.1) is 11.7 Å². The van der Waals surface area contributed by atoms with Crippen molar-refractivity contribution in [2.24, 2.45) is 12.8 Å². The molecule has 1 aromatic rings. The Hall–Kier alpha value is -0.570. The number of hydrogen-bond donors (Lipinski definition) is 1. The van der Waals surface area contributed by atoms with Gasteiger partial charge in [-0.25, -0.2) is 8.42 Å². The maximum Gasteiger partial charge on any atom is 0.164 e. The van der Waals surface area contributed by atoms with E-state index in [1.165, 1.54) is 6.26 Å². The Morgan fingerprint density at radius 3 is 2.80 bits per heavy atom. The summed E-state index contributed by atoms with van der Waals surface area (Å²) in [7, 11) is -1.26. The first-order chi connectivity index (χ1) is 9.34. The molecule has 0 bridgehead atoms. The topological polar surface area (TPSA) is 81.2 Å². The quantitative estimate of drug-likeness (QED) is 0.851. The van der Waals surface area contributed by atoms with Gasteiger partial charge in [-0.2, -0.15) is 16.9 Å². The minimum atomic E-state index is -3.12. The molecule has 0 amide bonds. The molecule has 1 fully saturated rings. The van der Waals surface area contributed by atoms with Gasteiger partial charge >= 0.3 is 0 Å². The average molecular weight is 318 g/mol. The Bertz CT molecular complexity index is 570. The fourth-order valence-electron chi connectivity index (χ4n) is 2.71. The third kappa shape index (κ3) is 3.19. The molecule has 6 nitrogen and oxygen atoms in total. The van der Waals surface area contributed by atoms with Crippen LogP contribution in [0.2, 0.25) is 0 Å². The molecule has 0 aliphatic carbocycles. The summed E-state index contributed by atoms with van der Waals surface area (Å²) >= 11 is 1.68. The molecule has 2 heterocycles. The highest BCUT2D eigenvalue weighted by atomic mass is 32.2. The summed E-state index contributed by atoms with van der Waals surface area (Å²) in [5.41, 5.74) is 7.87. The Morgan fingerprint density at radius 2 is 2.30 bits per heavy atom. The van der Waals surface area contributed by atoms with Gasteiger partial charge < -0.3 is 5.73 Å². The predicted molar refractivity (Wildman–Crippen MR) is 82.4 cm³/mol. The molecule has 2 rings (SSSR count). The van der Waals surface area contributed by atoms with Crippen LogP contribution in [-0.4, -0.2) is 59.3 Å². The highest BCUT2D eigenvalue weighted by Crippen LogP contribution is 2.30. The third-order valence-electron chi connectivity index (χ3n) is 3.65. The number of thioether (sulfide) groups is 1. The van der Waals surface area contributed by atoms with E-state index in [4.69, 9.17) is 5.73 Å². The molecule has 0 saturated carbocycles. The average Bonchev–Trinajstić information content (AvgIpc) is 2.69. The van der Waals surface area contributed by atoms with Crippen molar-refractivity contribution in [1.82, 2.24) is 14.7 Å². The maximum absolute atomic E-state index is 12.0. The van der Waals surface area contributed by atoms with E-state index in [-0.39, 0.29) is 6.04 Å². The molecule has 8 heteroatoms. The fraction of sp³-hybridized carbons (Fsp3) is 0.750. The number of nitrogens with two attached hydrogens (primary N) is 1. The zero-order chi connectivity index (χ0) is 14.9. The SMILES string of the molecule is Cc1nn(C)cc1C(CN)N1CCSCC1S(C)(=O)=O. The van der Waals surface area contributed by atoms with Crippen LogP contribution in [0, 0.1) is 6.92 Å². The van der Waals surface area contributed by atoms with E-state index < -0.39 is 15.2 Å². The van der Waals surface area contributed by atoms with E-state index in [0.29, 0.717) is 12.3 Å². The number of hydrogen-bond acceptors (Lipinski definition) is 6. The number of sulfone groups is 1. The summed E-state index contributed by atoms with van der Waals surface area (Å²) < 4.78 is 25.8. The molecule has 20 heavy (non-hydrogen) atoms. The lowest BCUT2D eigenvalue weighted by Gasteiger charge is -2.39. The van der Waals surface area contributed by atoms with Crippen LogP contribution >= 0.6 is 11.8 Å². The van der Waals surface area contributed by atoms with Crippen molar-refractivity contribution < 1.29 is 8.42 Å². The van der Waals surface area contributed by atoms with E-state index in [1.54, 1.807) is 16.4 Å². The fourth-order valence-corrected chi connectivity index (χ4v) is 5.63. The van der Waals surface area contributed by atoms with Gasteiger partial charge in [0, 0.05) is 49.7 Å². The molecule has 1 aliphatic heterocycles. The summed E-state index contributed by atoms with van der Waals surface area (Å²) in [6.07, 6.45) is 3.24. The Morgan fingerprint density at radius 1 is 1.60 bits per heavy atom. The first kappa shape index (κ1) is 15.8. The van der Waals surface area contributed by atoms with Crippen LogP contribution in [-0.2, 0) is 16.9 Å². The van der Waals surface area contributed by atoms with Crippen molar-refractivity contribution in [3.05, 3.63) is 17.5 Å². The number of aryl methyl sites for hydroxylation is 2. The summed E-state index contributed by atoms with van der Waals surface area (Å²) in [5.74, 6) is 1.54. The van der Waals surface area contributed by atoms with Crippen molar-refractivity contribution in [1.29, 1.82) is 0 Å². The van der Waals surface area contributed by atoms with Crippen LogP contribution in [0.4, 0.5) is 0 Å². The van der Waals surface area contributed by atoms with Gasteiger partial charge in [-0.05, 0) is 6.92 Å². The standard InChI is InChI=1S/C12H22N4O2S2/c1-9-10(7-15(2)14-9)11(6-13)16-4-5-19-8-12(16)20(3,17)18/h7,11-12H,4-6,8,13H2,1-3H3. The second kappa shape index (κ2) is 6.05. The summed E-state index contributed by atoms with van der Waals surface area (Å²) in [5, 5.41) is 3.88. The highest BCUT2D eigenvalue weighted by molar-refractivity contribution is 8.00. The van der Waals surface area contributed by atoms with E-state index in [9.17, 15) is 8.42 Å². The lowest BCUT2D eigenvalue weighted by molar-refractivity contribution is 0.197. The molecule has 1 aliphatic rings. The van der Waals surface area contributed by atoms with Gasteiger partial charge in [-0.1, -0.05) is 0 Å². The van der Waals surface area contributed by atoms with Crippen LogP contribution in [0.25, 0.3) is 0 Å². The molecule has 0 aromatic carbocycles. The summed E-state index contributed by atoms with van der Waals surface area (Å²) in [4.78, 5) is 2.02. The Balaban J connectivity index is 2.36. The Kier molecular flexibility index (Phi) is 4.78. The lowest BCUT2D eigenvalue weighted by Crippen LogP contribution is -2.50. The molecule has 1 aromatic heterocycles. The number of rotatable bonds is 4. The van der Waals surface area contributed by atoms with Crippen LogP contribution < -0.4 is 5.73 Å². The van der Waals surface area contributed by atoms with Gasteiger partial charge in [0.2, 0.25) is 0 Å². The predicted octanol–water partition coefficient (Wildman–Crippen LogP) is 0.148. The van der Waals surface area contributed by atoms with Gasteiger partial charge in [-0.3, -0.25) is 9.58 Å². The molecule has 1 saturated heterocycles. The molecule has 2 unspecified atom stereocenters. The Labute approximate surface area is 124 Å². The van der Waals surface area contributed by atoms with Gasteiger partial charge in [0.25, 0.3) is 0 Å². The molecule has 2 N–H and O–H groups in total. The minimum Gasteiger partial charge on any atom is -0.329 e. The van der Waals surface area contributed by atoms with E-state index in [0.717, 1.165) is 23.6 Å². The van der Waals surface area contributed by atoms with E-state index >= 15 is 0 Å². The zero-order valence-electron chi connectivity index (χ0n) is 12.1. The van der Waals surface area contributed by atoms with E-state index in [1.807, 2.05) is 25.1 Å². The highest BCUT2D eigenvalue weighted by Gasteiger charge is 2.36.